The van der Waals surface area contributed by atoms with E-state index in [1.54, 1.807) is 13.2 Å². The van der Waals surface area contributed by atoms with E-state index in [1.807, 2.05) is 0 Å². The van der Waals surface area contributed by atoms with Gasteiger partial charge in [0, 0.05) is 26.7 Å². The van der Waals surface area contributed by atoms with Gasteiger partial charge in [0.25, 0.3) is 0 Å². The summed E-state index contributed by atoms with van der Waals surface area (Å²) in [5, 5.41) is 2.73. The molecule has 1 rings (SSSR count). The Bertz CT molecular complexity index is 469. The summed E-state index contributed by atoms with van der Waals surface area (Å²) >= 11 is 0. The van der Waals surface area contributed by atoms with Gasteiger partial charge in [0.05, 0.1) is 7.11 Å². The predicted octanol–water partition coefficient (Wildman–Crippen LogP) is 2.73. The van der Waals surface area contributed by atoms with Gasteiger partial charge in [-0.15, -0.1) is 0 Å². The maximum Gasteiger partial charge on any atom is 0.387 e. The van der Waals surface area contributed by atoms with Crippen LogP contribution in [0, 0.1) is 0 Å². The number of alkyl halides is 2. The third-order valence-corrected chi connectivity index (χ3v) is 2.94. The van der Waals surface area contributed by atoms with E-state index in [4.69, 9.17) is 9.47 Å². The highest BCUT2D eigenvalue weighted by atomic mass is 19.3. The van der Waals surface area contributed by atoms with Crippen LogP contribution in [-0.2, 0) is 16.1 Å². The van der Waals surface area contributed by atoms with Crippen LogP contribution in [0.4, 0.5) is 8.78 Å². The van der Waals surface area contributed by atoms with E-state index >= 15 is 0 Å². The lowest BCUT2D eigenvalue weighted by Crippen LogP contribution is -2.22. The molecule has 0 aromatic heterocycles. The Labute approximate surface area is 128 Å². The van der Waals surface area contributed by atoms with Crippen LogP contribution in [0.5, 0.6) is 11.5 Å². The quantitative estimate of drug-likeness (QED) is 0.674. The molecule has 0 heterocycles. The summed E-state index contributed by atoms with van der Waals surface area (Å²) < 4.78 is 38.9. The van der Waals surface area contributed by atoms with Crippen molar-refractivity contribution in [2.24, 2.45) is 0 Å². The van der Waals surface area contributed by atoms with E-state index in [1.165, 1.54) is 19.2 Å². The second kappa shape index (κ2) is 9.94. The molecule has 1 aromatic rings. The van der Waals surface area contributed by atoms with Crippen molar-refractivity contribution in [1.82, 2.24) is 5.32 Å². The van der Waals surface area contributed by atoms with Crippen LogP contribution in [0.2, 0.25) is 0 Å². The number of benzene rings is 1. The highest BCUT2D eigenvalue weighted by molar-refractivity contribution is 5.75. The van der Waals surface area contributed by atoms with Crippen LogP contribution < -0.4 is 14.8 Å². The molecule has 0 fully saturated rings. The summed E-state index contributed by atoms with van der Waals surface area (Å²) in [5.74, 6) is 0.0718. The Hall–Kier alpha value is -1.89. The molecule has 0 bridgehead atoms. The lowest BCUT2D eigenvalue weighted by atomic mass is 10.2. The number of hydrogen-bond donors (Lipinski definition) is 1. The minimum Gasteiger partial charge on any atom is -0.493 e. The molecule has 1 aromatic carbocycles. The topological polar surface area (TPSA) is 56.8 Å². The second-order valence-corrected chi connectivity index (χ2v) is 4.59. The zero-order valence-electron chi connectivity index (χ0n) is 12.7. The minimum absolute atomic E-state index is 0.0515. The van der Waals surface area contributed by atoms with Gasteiger partial charge in [-0.05, 0) is 30.5 Å². The van der Waals surface area contributed by atoms with Gasteiger partial charge < -0.3 is 19.5 Å². The van der Waals surface area contributed by atoms with E-state index in [2.05, 4.69) is 10.1 Å². The van der Waals surface area contributed by atoms with Crippen molar-refractivity contribution in [1.29, 1.82) is 0 Å². The van der Waals surface area contributed by atoms with Crippen LogP contribution >= 0.6 is 0 Å². The van der Waals surface area contributed by atoms with Crippen molar-refractivity contribution in [2.45, 2.75) is 32.4 Å². The van der Waals surface area contributed by atoms with Crippen molar-refractivity contribution in [3.8, 4) is 11.5 Å². The molecule has 0 atom stereocenters. The third kappa shape index (κ3) is 6.71. The van der Waals surface area contributed by atoms with Gasteiger partial charge >= 0.3 is 6.61 Å². The standard InChI is InChI=1S/C15H21F2NO4/c1-20-8-4-3-5-14(19)18-10-11-6-7-12(21-2)13(9-11)22-15(16)17/h6-7,9,15H,3-5,8,10H2,1-2H3,(H,18,19). The summed E-state index contributed by atoms with van der Waals surface area (Å²) in [6.45, 7) is -2.06. The number of halogens is 2. The molecule has 0 aliphatic carbocycles. The van der Waals surface area contributed by atoms with E-state index in [0.717, 1.165) is 12.8 Å². The molecule has 22 heavy (non-hydrogen) atoms. The van der Waals surface area contributed by atoms with Crippen molar-refractivity contribution in [3.05, 3.63) is 23.8 Å². The number of ether oxygens (including phenoxy) is 3. The van der Waals surface area contributed by atoms with Crippen LogP contribution in [0.1, 0.15) is 24.8 Å². The fraction of sp³-hybridized carbons (Fsp3) is 0.533. The van der Waals surface area contributed by atoms with Crippen molar-refractivity contribution >= 4 is 5.91 Å². The third-order valence-electron chi connectivity index (χ3n) is 2.94. The Balaban J connectivity index is 2.49. The van der Waals surface area contributed by atoms with Crippen molar-refractivity contribution < 1.29 is 27.8 Å². The average Bonchev–Trinajstić information content (AvgIpc) is 2.49. The molecule has 0 aliphatic heterocycles. The Morgan fingerprint density at radius 2 is 2.00 bits per heavy atom. The summed E-state index contributed by atoms with van der Waals surface area (Å²) in [6, 6.07) is 4.64. The monoisotopic (exact) mass is 317 g/mol. The molecule has 0 saturated carbocycles. The molecular weight excluding hydrogens is 296 g/mol. The summed E-state index contributed by atoms with van der Waals surface area (Å²) in [4.78, 5) is 11.6. The molecule has 0 radical (unpaired) electrons. The van der Waals surface area contributed by atoms with E-state index in [-0.39, 0.29) is 24.0 Å². The van der Waals surface area contributed by atoms with Crippen LogP contribution in [0.25, 0.3) is 0 Å². The molecule has 1 N–H and O–H groups in total. The first-order chi connectivity index (χ1) is 10.6. The smallest absolute Gasteiger partial charge is 0.387 e. The zero-order chi connectivity index (χ0) is 16.4. The first-order valence-electron chi connectivity index (χ1n) is 6.94. The number of carbonyl (C=O) groups is 1. The molecule has 1 amide bonds. The molecule has 124 valence electrons. The zero-order valence-corrected chi connectivity index (χ0v) is 12.7. The first-order valence-corrected chi connectivity index (χ1v) is 6.94. The summed E-state index contributed by atoms with van der Waals surface area (Å²) in [7, 11) is 2.98. The Kier molecular flexibility index (Phi) is 8.21. The normalized spacial score (nSPS) is 10.6. The van der Waals surface area contributed by atoms with E-state index in [9.17, 15) is 13.6 Å². The maximum absolute atomic E-state index is 12.3. The highest BCUT2D eigenvalue weighted by Crippen LogP contribution is 2.29. The highest BCUT2D eigenvalue weighted by Gasteiger charge is 2.11. The van der Waals surface area contributed by atoms with Gasteiger partial charge in [0.15, 0.2) is 11.5 Å². The fourth-order valence-electron chi connectivity index (χ4n) is 1.84. The summed E-state index contributed by atoms with van der Waals surface area (Å²) in [6.07, 6.45) is 1.96. The number of unbranched alkanes of at least 4 members (excludes halogenated alkanes) is 1. The number of hydrogen-bond acceptors (Lipinski definition) is 4. The lowest BCUT2D eigenvalue weighted by molar-refractivity contribution is -0.121. The largest absolute Gasteiger partial charge is 0.493 e. The molecule has 5 nitrogen and oxygen atoms in total. The minimum atomic E-state index is -2.93. The van der Waals surface area contributed by atoms with Gasteiger partial charge in [-0.3, -0.25) is 4.79 Å². The number of rotatable bonds is 10. The molecule has 0 spiro atoms. The first kappa shape index (κ1) is 18.2. The number of methoxy groups -OCH3 is 2. The molecule has 0 unspecified atom stereocenters. The lowest BCUT2D eigenvalue weighted by Gasteiger charge is -2.12. The number of carbonyl (C=O) groups excluding carboxylic acids is 1. The SMILES string of the molecule is COCCCCC(=O)NCc1ccc(OC)c(OC(F)F)c1. The van der Waals surface area contributed by atoms with Crippen LogP contribution in [0.15, 0.2) is 18.2 Å². The van der Waals surface area contributed by atoms with Crippen molar-refractivity contribution in [3.63, 3.8) is 0 Å². The maximum atomic E-state index is 12.3. The second-order valence-electron chi connectivity index (χ2n) is 4.59. The predicted molar refractivity (Wildman–Crippen MR) is 77.2 cm³/mol. The molecule has 0 saturated heterocycles. The van der Waals surface area contributed by atoms with Gasteiger partial charge in [0.2, 0.25) is 5.91 Å². The van der Waals surface area contributed by atoms with Crippen LogP contribution in [0.3, 0.4) is 0 Å². The average molecular weight is 317 g/mol. The van der Waals surface area contributed by atoms with E-state index < -0.39 is 6.61 Å². The van der Waals surface area contributed by atoms with Crippen molar-refractivity contribution in [2.75, 3.05) is 20.8 Å². The van der Waals surface area contributed by atoms with Gasteiger partial charge in [0.1, 0.15) is 0 Å². The summed E-state index contributed by atoms with van der Waals surface area (Å²) in [5.41, 5.74) is 0.654. The Morgan fingerprint density at radius 1 is 1.23 bits per heavy atom. The van der Waals surface area contributed by atoms with Gasteiger partial charge in [-0.1, -0.05) is 6.07 Å². The van der Waals surface area contributed by atoms with Gasteiger partial charge in [-0.25, -0.2) is 0 Å². The molecule has 0 aliphatic rings. The molecule has 7 heteroatoms. The Morgan fingerprint density at radius 3 is 2.64 bits per heavy atom. The van der Waals surface area contributed by atoms with Crippen LogP contribution in [-0.4, -0.2) is 33.3 Å². The van der Waals surface area contributed by atoms with E-state index in [0.29, 0.717) is 18.6 Å². The number of amides is 1. The number of nitrogens with one attached hydrogen (secondary N) is 1. The fourth-order valence-corrected chi connectivity index (χ4v) is 1.84. The molecular formula is C15H21F2NO4. The van der Waals surface area contributed by atoms with Gasteiger partial charge in [-0.2, -0.15) is 8.78 Å².